The van der Waals surface area contributed by atoms with E-state index >= 15 is 0 Å². The van der Waals surface area contributed by atoms with Crippen LogP contribution in [0, 0.1) is 0 Å². The molecule has 8 heteroatoms. The Balaban J connectivity index is 0.00000529. The third-order valence-corrected chi connectivity index (χ3v) is 4.28. The van der Waals surface area contributed by atoms with Crippen LogP contribution in [0.1, 0.15) is 38.8 Å². The lowest BCUT2D eigenvalue weighted by atomic mass is 10.0. The van der Waals surface area contributed by atoms with E-state index in [0.717, 1.165) is 24.8 Å². The molecule has 4 N–H and O–H groups in total. The second-order valence-electron chi connectivity index (χ2n) is 6.24. The van der Waals surface area contributed by atoms with Gasteiger partial charge in [0, 0.05) is 11.2 Å². The molecule has 138 valence electrons. The molecule has 0 saturated heterocycles. The Morgan fingerprint density at radius 1 is 1.21 bits per heavy atom. The van der Waals surface area contributed by atoms with Crippen molar-refractivity contribution in [2.75, 3.05) is 18.1 Å². The molecule has 0 bridgehead atoms. The largest absolute Gasteiger partial charge is 0.370 e. The van der Waals surface area contributed by atoms with Crippen molar-refractivity contribution in [3.05, 3.63) is 29.3 Å². The Labute approximate surface area is 162 Å². The second-order valence-corrected chi connectivity index (χ2v) is 7.99. The van der Waals surface area contributed by atoms with Crippen molar-refractivity contribution in [3.8, 4) is 0 Å². The molecule has 1 aromatic rings. The summed E-state index contributed by atoms with van der Waals surface area (Å²) in [5.41, 5.74) is 8.64. The van der Waals surface area contributed by atoms with Crippen molar-refractivity contribution >= 4 is 45.6 Å². The molecule has 6 nitrogen and oxygen atoms in total. The summed E-state index contributed by atoms with van der Waals surface area (Å²) in [5, 5.41) is 3.17. The number of halogens is 1. The predicted octanol–water partition coefficient (Wildman–Crippen LogP) is 2.48. The SMILES string of the molecule is CCc1cccc(CC)c1NC(N)=NCC(C)(C)NS(C)(=O)=O.I. The summed E-state index contributed by atoms with van der Waals surface area (Å²) >= 11 is 0. The van der Waals surface area contributed by atoms with Crippen LogP contribution in [0.25, 0.3) is 0 Å². The van der Waals surface area contributed by atoms with E-state index in [1.807, 2.05) is 6.07 Å². The van der Waals surface area contributed by atoms with Gasteiger partial charge in [-0.3, -0.25) is 4.99 Å². The molecular weight excluding hydrogens is 439 g/mol. The van der Waals surface area contributed by atoms with Crippen LogP contribution >= 0.6 is 24.0 Å². The number of benzene rings is 1. The summed E-state index contributed by atoms with van der Waals surface area (Å²) in [6.07, 6.45) is 2.92. The third kappa shape index (κ3) is 7.80. The van der Waals surface area contributed by atoms with E-state index in [0.29, 0.717) is 0 Å². The van der Waals surface area contributed by atoms with Crippen molar-refractivity contribution in [1.82, 2.24) is 4.72 Å². The minimum Gasteiger partial charge on any atom is -0.370 e. The van der Waals surface area contributed by atoms with E-state index in [9.17, 15) is 8.42 Å². The second kappa shape index (κ2) is 9.57. The van der Waals surface area contributed by atoms with Gasteiger partial charge in [-0.15, -0.1) is 24.0 Å². The maximum atomic E-state index is 11.3. The number of guanidine groups is 1. The summed E-state index contributed by atoms with van der Waals surface area (Å²) in [6, 6.07) is 6.16. The number of hydrogen-bond acceptors (Lipinski definition) is 3. The van der Waals surface area contributed by atoms with Crippen LogP contribution in [0.3, 0.4) is 0 Å². The number of anilines is 1. The summed E-state index contributed by atoms with van der Waals surface area (Å²) in [6.45, 7) is 7.96. The molecule has 24 heavy (non-hydrogen) atoms. The number of para-hydroxylation sites is 1. The molecule has 0 unspecified atom stereocenters. The third-order valence-electron chi connectivity index (χ3n) is 3.36. The average Bonchev–Trinajstić information content (AvgIpc) is 2.43. The number of nitrogens with zero attached hydrogens (tertiary/aromatic N) is 1. The predicted molar refractivity (Wildman–Crippen MR) is 113 cm³/mol. The number of sulfonamides is 1. The fraction of sp³-hybridized carbons (Fsp3) is 0.562. The van der Waals surface area contributed by atoms with Crippen LogP contribution in [0.2, 0.25) is 0 Å². The Morgan fingerprint density at radius 3 is 2.12 bits per heavy atom. The molecule has 0 aromatic heterocycles. The molecule has 0 aliphatic rings. The number of nitrogens with one attached hydrogen (secondary N) is 2. The van der Waals surface area contributed by atoms with E-state index < -0.39 is 15.6 Å². The molecule has 0 aliphatic carbocycles. The number of hydrogen-bond donors (Lipinski definition) is 3. The van der Waals surface area contributed by atoms with Crippen LogP contribution < -0.4 is 15.8 Å². The topological polar surface area (TPSA) is 96.6 Å². The lowest BCUT2D eigenvalue weighted by Gasteiger charge is -2.23. The van der Waals surface area contributed by atoms with E-state index in [2.05, 4.69) is 41.0 Å². The molecule has 0 saturated carbocycles. The van der Waals surface area contributed by atoms with Gasteiger partial charge in [-0.1, -0.05) is 32.0 Å². The van der Waals surface area contributed by atoms with Gasteiger partial charge in [-0.2, -0.15) is 0 Å². The first-order valence-corrected chi connectivity index (χ1v) is 9.63. The average molecular weight is 468 g/mol. The first-order valence-electron chi connectivity index (χ1n) is 7.74. The van der Waals surface area contributed by atoms with Crippen molar-refractivity contribution < 1.29 is 8.42 Å². The van der Waals surface area contributed by atoms with Gasteiger partial charge >= 0.3 is 0 Å². The minimum atomic E-state index is -3.29. The summed E-state index contributed by atoms with van der Waals surface area (Å²) in [7, 11) is -3.29. The molecule has 0 aliphatic heterocycles. The monoisotopic (exact) mass is 468 g/mol. The maximum absolute atomic E-state index is 11.3. The van der Waals surface area contributed by atoms with E-state index in [1.54, 1.807) is 13.8 Å². The maximum Gasteiger partial charge on any atom is 0.209 e. The van der Waals surface area contributed by atoms with Crippen molar-refractivity contribution in [2.24, 2.45) is 10.7 Å². The normalized spacial score (nSPS) is 12.6. The highest BCUT2D eigenvalue weighted by molar-refractivity contribution is 14.0. The molecule has 0 heterocycles. The van der Waals surface area contributed by atoms with Crippen molar-refractivity contribution in [3.63, 3.8) is 0 Å². The molecule has 1 aromatic carbocycles. The van der Waals surface area contributed by atoms with Crippen LogP contribution in [0.4, 0.5) is 5.69 Å². The minimum absolute atomic E-state index is 0. The zero-order chi connectivity index (χ0) is 17.7. The van der Waals surface area contributed by atoms with Gasteiger partial charge in [0.25, 0.3) is 0 Å². The van der Waals surface area contributed by atoms with Gasteiger partial charge in [0.1, 0.15) is 0 Å². The number of nitrogens with two attached hydrogens (primary N) is 1. The summed E-state index contributed by atoms with van der Waals surface area (Å²) < 4.78 is 25.2. The van der Waals surface area contributed by atoms with Crippen LogP contribution in [-0.4, -0.2) is 32.7 Å². The standard InChI is InChI=1S/C16H28N4O2S.HI/c1-6-12-9-8-10-13(7-2)14(12)19-15(17)18-11-16(3,4)20-23(5,21)22;/h8-10,20H,6-7,11H2,1-5H3,(H3,17,18,19);1H. The van der Waals surface area contributed by atoms with Crippen LogP contribution in [-0.2, 0) is 22.9 Å². The van der Waals surface area contributed by atoms with Crippen LogP contribution in [0.5, 0.6) is 0 Å². The molecular formula is C16H29IN4O2S. The molecule has 0 fully saturated rings. The lowest BCUT2D eigenvalue weighted by Crippen LogP contribution is -2.45. The molecule has 0 radical (unpaired) electrons. The fourth-order valence-corrected chi connectivity index (χ4v) is 3.46. The zero-order valence-electron chi connectivity index (χ0n) is 15.0. The van der Waals surface area contributed by atoms with Crippen molar-refractivity contribution in [2.45, 2.75) is 46.1 Å². The Hall–Kier alpha value is -0.870. The van der Waals surface area contributed by atoms with Gasteiger partial charge in [0.15, 0.2) is 5.96 Å². The fourth-order valence-electron chi connectivity index (χ4n) is 2.39. The highest BCUT2D eigenvalue weighted by Gasteiger charge is 2.21. The highest BCUT2D eigenvalue weighted by Crippen LogP contribution is 2.22. The zero-order valence-corrected chi connectivity index (χ0v) is 18.2. The van der Waals surface area contributed by atoms with Gasteiger partial charge < -0.3 is 11.1 Å². The highest BCUT2D eigenvalue weighted by atomic mass is 127. The molecule has 0 atom stereocenters. The molecule has 1 rings (SSSR count). The van der Waals surface area contributed by atoms with E-state index in [4.69, 9.17) is 5.73 Å². The lowest BCUT2D eigenvalue weighted by molar-refractivity contribution is 0.466. The quantitative estimate of drug-likeness (QED) is 0.326. The van der Waals surface area contributed by atoms with E-state index in [-0.39, 0.29) is 36.5 Å². The van der Waals surface area contributed by atoms with Gasteiger partial charge in [-0.25, -0.2) is 13.1 Å². The Bertz CT molecular complexity index is 650. The summed E-state index contributed by atoms with van der Waals surface area (Å²) in [4.78, 5) is 4.28. The number of aliphatic imine (C=N–C) groups is 1. The number of rotatable bonds is 7. The smallest absolute Gasteiger partial charge is 0.209 e. The van der Waals surface area contributed by atoms with Gasteiger partial charge in [0.2, 0.25) is 10.0 Å². The molecule has 0 amide bonds. The van der Waals surface area contributed by atoms with Gasteiger partial charge in [-0.05, 0) is 37.8 Å². The van der Waals surface area contributed by atoms with Crippen molar-refractivity contribution in [1.29, 1.82) is 0 Å². The van der Waals surface area contributed by atoms with E-state index in [1.165, 1.54) is 11.1 Å². The van der Waals surface area contributed by atoms with Gasteiger partial charge in [0.05, 0.1) is 12.8 Å². The van der Waals surface area contributed by atoms with Crippen LogP contribution in [0.15, 0.2) is 23.2 Å². The first-order chi connectivity index (χ1) is 10.6. The Morgan fingerprint density at radius 2 is 1.71 bits per heavy atom. The molecule has 0 spiro atoms. The first kappa shape index (κ1) is 23.1. The Kier molecular flexibility index (Phi) is 9.22. The summed E-state index contributed by atoms with van der Waals surface area (Å²) in [5.74, 6) is 0.281. The number of aryl methyl sites for hydroxylation is 2.